The molecule has 0 bridgehead atoms. The third-order valence-electron chi connectivity index (χ3n) is 3.48. The summed E-state index contributed by atoms with van der Waals surface area (Å²) in [6.45, 7) is 2.00. The molecule has 0 atom stereocenters. The first-order valence-corrected chi connectivity index (χ1v) is 7.94. The zero-order valence-corrected chi connectivity index (χ0v) is 14.1. The minimum Gasteiger partial charge on any atom is -0.354 e. The van der Waals surface area contributed by atoms with Gasteiger partial charge in [-0.1, -0.05) is 23.7 Å². The van der Waals surface area contributed by atoms with E-state index in [2.05, 4.69) is 15.6 Å². The molecule has 0 unspecified atom stereocenters. The number of rotatable bonds is 4. The normalized spacial score (nSPS) is 10.4. The van der Waals surface area contributed by atoms with Gasteiger partial charge in [0.05, 0.1) is 22.5 Å². The van der Waals surface area contributed by atoms with Crippen molar-refractivity contribution in [1.29, 1.82) is 0 Å². The summed E-state index contributed by atoms with van der Waals surface area (Å²) in [6, 6.07) is 13.6. The fraction of sp³-hybridized carbons (Fsp3) is 0.0526. The van der Waals surface area contributed by atoms with Crippen molar-refractivity contribution in [3.8, 4) is 0 Å². The Morgan fingerprint density at radius 2 is 1.88 bits per heavy atom. The second-order valence-corrected chi connectivity index (χ2v) is 5.95. The monoisotopic (exact) mass is 355 g/mol. The Labute approximate surface area is 149 Å². The zero-order chi connectivity index (χ0) is 17.8. The van der Waals surface area contributed by atoms with Crippen LogP contribution in [0.1, 0.15) is 15.9 Å². The van der Waals surface area contributed by atoms with Gasteiger partial charge in [-0.05, 0) is 48.9 Å². The van der Waals surface area contributed by atoms with Crippen LogP contribution >= 0.6 is 11.6 Å². The van der Waals surface area contributed by atoms with Crippen molar-refractivity contribution in [2.24, 2.45) is 0 Å². The van der Waals surface area contributed by atoms with Crippen LogP contribution in [0.25, 0.3) is 0 Å². The van der Waals surface area contributed by atoms with Gasteiger partial charge < -0.3 is 10.6 Å². The van der Waals surface area contributed by atoms with E-state index in [4.69, 9.17) is 11.6 Å². The number of anilines is 3. The Hall–Kier alpha value is -2.92. The molecule has 3 rings (SSSR count). The average molecular weight is 356 g/mol. The molecule has 0 aliphatic carbocycles. The molecule has 6 heteroatoms. The molecule has 1 aromatic heterocycles. The topological polar surface area (TPSA) is 54.0 Å². The molecule has 0 spiro atoms. The lowest BCUT2D eigenvalue weighted by molar-refractivity contribution is 0.102. The number of benzene rings is 2. The number of pyridine rings is 1. The second-order valence-electron chi connectivity index (χ2n) is 5.54. The van der Waals surface area contributed by atoms with Gasteiger partial charge in [-0.15, -0.1) is 0 Å². The molecule has 0 radical (unpaired) electrons. The van der Waals surface area contributed by atoms with E-state index in [1.807, 2.05) is 31.2 Å². The first kappa shape index (κ1) is 16.9. The minimum atomic E-state index is -0.536. The summed E-state index contributed by atoms with van der Waals surface area (Å²) < 4.78 is 13.2. The van der Waals surface area contributed by atoms with E-state index in [0.717, 1.165) is 11.3 Å². The van der Waals surface area contributed by atoms with Gasteiger partial charge in [-0.25, -0.2) is 4.39 Å². The summed E-state index contributed by atoms with van der Waals surface area (Å²) in [5.41, 5.74) is 3.51. The van der Waals surface area contributed by atoms with Crippen molar-refractivity contribution < 1.29 is 9.18 Å². The number of amides is 1. The summed E-state index contributed by atoms with van der Waals surface area (Å²) in [5.74, 6) is -0.895. The molecule has 0 saturated carbocycles. The minimum absolute atomic E-state index is 0.0502. The van der Waals surface area contributed by atoms with Crippen molar-refractivity contribution in [3.05, 3.63) is 82.9 Å². The maximum atomic E-state index is 13.2. The lowest BCUT2D eigenvalue weighted by Crippen LogP contribution is -2.12. The molecule has 0 fully saturated rings. The van der Waals surface area contributed by atoms with Crippen LogP contribution in [-0.2, 0) is 0 Å². The van der Waals surface area contributed by atoms with Gasteiger partial charge in [0, 0.05) is 17.6 Å². The number of nitrogens with zero attached hydrogens (tertiary/aromatic N) is 1. The average Bonchev–Trinajstić information content (AvgIpc) is 2.58. The van der Waals surface area contributed by atoms with Crippen LogP contribution in [0.15, 0.2) is 60.9 Å². The van der Waals surface area contributed by atoms with Gasteiger partial charge in [0.1, 0.15) is 5.82 Å². The van der Waals surface area contributed by atoms with E-state index in [0.29, 0.717) is 16.9 Å². The Bertz CT molecular complexity index is 930. The third kappa shape index (κ3) is 4.33. The summed E-state index contributed by atoms with van der Waals surface area (Å²) in [7, 11) is 0. The first-order chi connectivity index (χ1) is 12.0. The van der Waals surface area contributed by atoms with Gasteiger partial charge in [0.2, 0.25) is 0 Å². The number of aromatic nitrogens is 1. The highest BCUT2D eigenvalue weighted by Crippen LogP contribution is 2.21. The lowest BCUT2D eigenvalue weighted by atomic mass is 10.2. The van der Waals surface area contributed by atoms with Gasteiger partial charge >= 0.3 is 0 Å². The molecule has 2 aromatic carbocycles. The molecule has 1 amide bonds. The maximum absolute atomic E-state index is 13.2. The smallest absolute Gasteiger partial charge is 0.257 e. The van der Waals surface area contributed by atoms with Gasteiger partial charge in [0.15, 0.2) is 0 Å². The SMILES string of the molecule is Cc1cccc(Nc2cncc(C(=O)Nc3ccc(F)c(Cl)c3)c2)c1. The number of hydrogen-bond donors (Lipinski definition) is 2. The first-order valence-electron chi connectivity index (χ1n) is 7.56. The molecule has 1 heterocycles. The zero-order valence-electron chi connectivity index (χ0n) is 13.4. The quantitative estimate of drug-likeness (QED) is 0.678. The summed E-state index contributed by atoms with van der Waals surface area (Å²) in [4.78, 5) is 16.4. The Morgan fingerprint density at radius 1 is 1.04 bits per heavy atom. The molecule has 25 heavy (non-hydrogen) atoms. The largest absolute Gasteiger partial charge is 0.354 e. The lowest BCUT2D eigenvalue weighted by Gasteiger charge is -2.09. The van der Waals surface area contributed by atoms with Gasteiger partial charge in [0.25, 0.3) is 5.91 Å². The van der Waals surface area contributed by atoms with E-state index >= 15 is 0 Å². The Kier molecular flexibility index (Phi) is 4.95. The van der Waals surface area contributed by atoms with Gasteiger partial charge in [-0.3, -0.25) is 9.78 Å². The van der Waals surface area contributed by atoms with Crippen molar-refractivity contribution >= 4 is 34.6 Å². The van der Waals surface area contributed by atoms with Crippen molar-refractivity contribution in [2.75, 3.05) is 10.6 Å². The highest BCUT2D eigenvalue weighted by Gasteiger charge is 2.09. The number of aryl methyl sites for hydroxylation is 1. The molecule has 3 aromatic rings. The van der Waals surface area contributed by atoms with Crippen molar-refractivity contribution in [2.45, 2.75) is 6.92 Å². The number of carbonyl (C=O) groups excluding carboxylic acids is 1. The van der Waals surface area contributed by atoms with Crippen LogP contribution in [0.5, 0.6) is 0 Å². The maximum Gasteiger partial charge on any atom is 0.257 e. The van der Waals surface area contributed by atoms with Crippen molar-refractivity contribution in [1.82, 2.24) is 4.98 Å². The van der Waals surface area contributed by atoms with E-state index in [-0.39, 0.29) is 10.9 Å². The predicted octanol–water partition coefficient (Wildman–Crippen LogP) is 5.18. The highest BCUT2D eigenvalue weighted by molar-refractivity contribution is 6.31. The number of carbonyl (C=O) groups is 1. The summed E-state index contributed by atoms with van der Waals surface area (Å²) in [5, 5.41) is 5.83. The standard InChI is InChI=1S/C19H15ClFN3O/c1-12-3-2-4-14(7-12)23-16-8-13(10-22-11-16)19(25)24-15-5-6-18(21)17(20)9-15/h2-11,23H,1H3,(H,24,25). The van der Waals surface area contributed by atoms with Crippen LogP contribution < -0.4 is 10.6 Å². The molecular weight excluding hydrogens is 341 g/mol. The van der Waals surface area contributed by atoms with Crippen molar-refractivity contribution in [3.63, 3.8) is 0 Å². The van der Waals surface area contributed by atoms with Gasteiger partial charge in [-0.2, -0.15) is 0 Å². The highest BCUT2D eigenvalue weighted by atomic mass is 35.5. The fourth-order valence-electron chi connectivity index (χ4n) is 2.30. The number of halogens is 2. The molecule has 0 aliphatic heterocycles. The molecule has 0 aliphatic rings. The van der Waals surface area contributed by atoms with Crippen LogP contribution in [0.2, 0.25) is 5.02 Å². The third-order valence-corrected chi connectivity index (χ3v) is 3.77. The van der Waals surface area contributed by atoms with E-state index < -0.39 is 5.82 Å². The van der Waals surface area contributed by atoms with E-state index in [1.165, 1.54) is 24.4 Å². The predicted molar refractivity (Wildman–Crippen MR) is 98.1 cm³/mol. The molecule has 0 saturated heterocycles. The molecular formula is C19H15ClFN3O. The summed E-state index contributed by atoms with van der Waals surface area (Å²) in [6.07, 6.45) is 3.09. The Balaban J connectivity index is 1.76. The van der Waals surface area contributed by atoms with Crippen LogP contribution in [0, 0.1) is 12.7 Å². The molecule has 126 valence electrons. The number of nitrogens with one attached hydrogen (secondary N) is 2. The van der Waals surface area contributed by atoms with Crippen LogP contribution in [-0.4, -0.2) is 10.9 Å². The molecule has 2 N–H and O–H groups in total. The van der Waals surface area contributed by atoms with E-state index in [9.17, 15) is 9.18 Å². The Morgan fingerprint density at radius 3 is 2.64 bits per heavy atom. The second kappa shape index (κ2) is 7.32. The molecule has 4 nitrogen and oxygen atoms in total. The van der Waals surface area contributed by atoms with Crippen LogP contribution in [0.3, 0.4) is 0 Å². The van der Waals surface area contributed by atoms with E-state index in [1.54, 1.807) is 12.3 Å². The summed E-state index contributed by atoms with van der Waals surface area (Å²) >= 11 is 5.72. The fourth-order valence-corrected chi connectivity index (χ4v) is 2.48. The number of hydrogen-bond acceptors (Lipinski definition) is 3. The van der Waals surface area contributed by atoms with Crippen LogP contribution in [0.4, 0.5) is 21.5 Å².